The van der Waals surface area contributed by atoms with Gasteiger partial charge in [0, 0.05) is 16.7 Å². The van der Waals surface area contributed by atoms with Gasteiger partial charge in [-0.3, -0.25) is 0 Å². The molecule has 0 spiro atoms. The Kier molecular flexibility index (Phi) is 6.16. The fourth-order valence-electron chi connectivity index (χ4n) is 2.47. The molecule has 1 nitrogen and oxygen atoms in total. The Morgan fingerprint density at radius 3 is 2.38 bits per heavy atom. The Hall–Kier alpha value is -0.960. The maximum absolute atomic E-state index is 6.24. The quantitative estimate of drug-likeness (QED) is 0.715. The zero-order chi connectivity index (χ0) is 15.2. The lowest BCUT2D eigenvalue weighted by Gasteiger charge is -2.19. The standard InChI is InChI=1S/C18H22ClNS/c1-4-20-17(15-10-13(2)9-14(3)11-15)12-21-18-8-6-5-7-16(18)19/h5-11,17,20H,4,12H2,1-3H3. The molecule has 21 heavy (non-hydrogen) atoms. The number of hydrogen-bond donors (Lipinski definition) is 1. The predicted octanol–water partition coefficient (Wildman–Crippen LogP) is 5.40. The highest BCUT2D eigenvalue weighted by molar-refractivity contribution is 7.99. The molecule has 0 aromatic heterocycles. The molecule has 3 heteroatoms. The molecule has 0 aliphatic heterocycles. The lowest BCUT2D eigenvalue weighted by molar-refractivity contribution is 0.605. The Bertz CT molecular complexity index is 577. The second-order valence-electron chi connectivity index (χ2n) is 5.27. The Morgan fingerprint density at radius 2 is 1.76 bits per heavy atom. The van der Waals surface area contributed by atoms with E-state index in [9.17, 15) is 0 Å². The maximum Gasteiger partial charge on any atom is 0.0541 e. The smallest absolute Gasteiger partial charge is 0.0541 e. The van der Waals surface area contributed by atoms with Crippen LogP contribution in [0.2, 0.25) is 5.02 Å². The first-order valence-electron chi connectivity index (χ1n) is 7.29. The van der Waals surface area contributed by atoms with Crippen LogP contribution in [0.3, 0.4) is 0 Å². The summed E-state index contributed by atoms with van der Waals surface area (Å²) in [6, 6.07) is 15.1. The van der Waals surface area contributed by atoms with Gasteiger partial charge in [0.15, 0.2) is 0 Å². The molecule has 2 aromatic carbocycles. The first-order valence-corrected chi connectivity index (χ1v) is 8.65. The third-order valence-electron chi connectivity index (χ3n) is 3.34. The largest absolute Gasteiger partial charge is 0.309 e. The van der Waals surface area contributed by atoms with Crippen molar-refractivity contribution in [2.75, 3.05) is 12.3 Å². The Balaban J connectivity index is 2.14. The van der Waals surface area contributed by atoms with E-state index in [1.165, 1.54) is 16.7 Å². The van der Waals surface area contributed by atoms with Crippen molar-refractivity contribution in [3.8, 4) is 0 Å². The van der Waals surface area contributed by atoms with Crippen LogP contribution in [0.15, 0.2) is 47.4 Å². The van der Waals surface area contributed by atoms with Crippen molar-refractivity contribution in [3.63, 3.8) is 0 Å². The van der Waals surface area contributed by atoms with E-state index in [1.54, 1.807) is 0 Å². The fourth-order valence-corrected chi connectivity index (χ4v) is 3.80. The minimum atomic E-state index is 0.342. The van der Waals surface area contributed by atoms with Crippen molar-refractivity contribution in [2.24, 2.45) is 0 Å². The van der Waals surface area contributed by atoms with Gasteiger partial charge in [0.1, 0.15) is 0 Å². The summed E-state index contributed by atoms with van der Waals surface area (Å²) in [7, 11) is 0. The zero-order valence-corrected chi connectivity index (χ0v) is 14.4. The van der Waals surface area contributed by atoms with E-state index in [2.05, 4.69) is 50.4 Å². The SMILES string of the molecule is CCNC(CSc1ccccc1Cl)c1cc(C)cc(C)c1. The average molecular weight is 320 g/mol. The van der Waals surface area contributed by atoms with Crippen LogP contribution in [0.1, 0.15) is 29.7 Å². The van der Waals surface area contributed by atoms with Gasteiger partial charge in [0.2, 0.25) is 0 Å². The Labute approximate surface area is 137 Å². The van der Waals surface area contributed by atoms with Crippen LogP contribution in [0.4, 0.5) is 0 Å². The highest BCUT2D eigenvalue weighted by Gasteiger charge is 2.12. The molecule has 2 rings (SSSR count). The molecule has 0 saturated heterocycles. The second kappa shape index (κ2) is 7.88. The van der Waals surface area contributed by atoms with E-state index < -0.39 is 0 Å². The number of thioether (sulfide) groups is 1. The van der Waals surface area contributed by atoms with Crippen molar-refractivity contribution in [3.05, 3.63) is 64.2 Å². The summed E-state index contributed by atoms with van der Waals surface area (Å²) in [5.41, 5.74) is 3.99. The van der Waals surface area contributed by atoms with E-state index in [0.29, 0.717) is 6.04 Å². The van der Waals surface area contributed by atoms with Crippen LogP contribution >= 0.6 is 23.4 Å². The van der Waals surface area contributed by atoms with Crippen LogP contribution in [0, 0.1) is 13.8 Å². The summed E-state index contributed by atoms with van der Waals surface area (Å²) in [6.07, 6.45) is 0. The number of hydrogen-bond acceptors (Lipinski definition) is 2. The number of benzene rings is 2. The van der Waals surface area contributed by atoms with Gasteiger partial charge in [-0.15, -0.1) is 11.8 Å². The van der Waals surface area contributed by atoms with Crippen LogP contribution in [-0.2, 0) is 0 Å². The van der Waals surface area contributed by atoms with Crippen molar-refractivity contribution >= 4 is 23.4 Å². The highest BCUT2D eigenvalue weighted by atomic mass is 35.5. The third-order valence-corrected chi connectivity index (χ3v) is 4.95. The summed E-state index contributed by atoms with van der Waals surface area (Å²) in [5, 5.41) is 4.41. The molecule has 0 aliphatic carbocycles. The van der Waals surface area contributed by atoms with Gasteiger partial charge >= 0.3 is 0 Å². The molecular weight excluding hydrogens is 298 g/mol. The molecule has 1 N–H and O–H groups in total. The molecule has 0 saturated carbocycles. The van der Waals surface area contributed by atoms with E-state index in [4.69, 9.17) is 11.6 Å². The van der Waals surface area contributed by atoms with Crippen molar-refractivity contribution < 1.29 is 0 Å². The molecule has 1 unspecified atom stereocenters. The molecule has 0 radical (unpaired) electrons. The molecule has 0 bridgehead atoms. The molecule has 1 atom stereocenters. The minimum Gasteiger partial charge on any atom is -0.309 e. The van der Waals surface area contributed by atoms with Gasteiger partial charge in [-0.05, 0) is 38.1 Å². The zero-order valence-electron chi connectivity index (χ0n) is 12.8. The van der Waals surface area contributed by atoms with Crippen LogP contribution in [0.25, 0.3) is 0 Å². The molecule has 0 aliphatic rings. The van der Waals surface area contributed by atoms with E-state index in [1.807, 2.05) is 30.0 Å². The molecule has 0 heterocycles. The van der Waals surface area contributed by atoms with Crippen molar-refractivity contribution in [1.29, 1.82) is 0 Å². The predicted molar refractivity (Wildman–Crippen MR) is 94.5 cm³/mol. The third kappa shape index (κ3) is 4.77. The van der Waals surface area contributed by atoms with Gasteiger partial charge in [-0.25, -0.2) is 0 Å². The Morgan fingerprint density at radius 1 is 1.10 bits per heavy atom. The monoisotopic (exact) mass is 319 g/mol. The topological polar surface area (TPSA) is 12.0 Å². The van der Waals surface area contributed by atoms with Gasteiger partial charge in [0.25, 0.3) is 0 Å². The summed E-state index contributed by atoms with van der Waals surface area (Å²) < 4.78 is 0. The lowest BCUT2D eigenvalue weighted by atomic mass is 10.0. The van der Waals surface area contributed by atoms with Gasteiger partial charge < -0.3 is 5.32 Å². The van der Waals surface area contributed by atoms with Crippen molar-refractivity contribution in [1.82, 2.24) is 5.32 Å². The lowest BCUT2D eigenvalue weighted by Crippen LogP contribution is -2.23. The molecule has 112 valence electrons. The minimum absolute atomic E-state index is 0.342. The van der Waals surface area contributed by atoms with Gasteiger partial charge in [-0.2, -0.15) is 0 Å². The fraction of sp³-hybridized carbons (Fsp3) is 0.333. The van der Waals surface area contributed by atoms with E-state index >= 15 is 0 Å². The van der Waals surface area contributed by atoms with Gasteiger partial charge in [-0.1, -0.05) is 60.0 Å². The summed E-state index contributed by atoms with van der Waals surface area (Å²) in [6.45, 7) is 7.41. The highest BCUT2D eigenvalue weighted by Crippen LogP contribution is 2.30. The second-order valence-corrected chi connectivity index (χ2v) is 6.74. The van der Waals surface area contributed by atoms with Crippen LogP contribution in [-0.4, -0.2) is 12.3 Å². The maximum atomic E-state index is 6.24. The van der Waals surface area contributed by atoms with Crippen molar-refractivity contribution in [2.45, 2.75) is 31.7 Å². The van der Waals surface area contributed by atoms with Crippen LogP contribution < -0.4 is 5.32 Å². The number of nitrogens with one attached hydrogen (secondary N) is 1. The number of halogens is 1. The average Bonchev–Trinajstić information content (AvgIpc) is 2.44. The summed E-state index contributed by atoms with van der Waals surface area (Å²) >= 11 is 8.05. The van der Waals surface area contributed by atoms with E-state index in [-0.39, 0.29) is 0 Å². The molecule has 2 aromatic rings. The first-order chi connectivity index (χ1) is 10.1. The number of rotatable bonds is 6. The summed E-state index contributed by atoms with van der Waals surface area (Å²) in [5.74, 6) is 0.973. The molecular formula is C18H22ClNS. The number of aryl methyl sites for hydroxylation is 2. The summed E-state index contributed by atoms with van der Waals surface area (Å²) in [4.78, 5) is 1.14. The normalized spacial score (nSPS) is 12.4. The first kappa shape index (κ1) is 16.4. The van der Waals surface area contributed by atoms with Gasteiger partial charge in [0.05, 0.1) is 5.02 Å². The molecule has 0 fully saturated rings. The van der Waals surface area contributed by atoms with Crippen LogP contribution in [0.5, 0.6) is 0 Å². The molecule has 0 amide bonds. The van der Waals surface area contributed by atoms with E-state index in [0.717, 1.165) is 22.2 Å².